The van der Waals surface area contributed by atoms with Crippen molar-refractivity contribution in [2.45, 2.75) is 50.7 Å². The van der Waals surface area contributed by atoms with Crippen molar-refractivity contribution >= 4 is 0 Å². The molecule has 1 heterocycles. The largest absolute Gasteiger partial charge is 0.391 e. The van der Waals surface area contributed by atoms with Crippen molar-refractivity contribution in [3.63, 3.8) is 0 Å². The number of rotatable bonds is 1. The summed E-state index contributed by atoms with van der Waals surface area (Å²) in [5, 5.41) is 13.3. The standard InChI is InChI=1S/C10H19NO/c1-10(8-4-2-3-5-8)9(12)6-7-11-10/h8-9,11-12H,2-7H2,1H3. The van der Waals surface area contributed by atoms with E-state index in [-0.39, 0.29) is 11.6 Å². The number of aliphatic hydroxyl groups is 1. The van der Waals surface area contributed by atoms with E-state index < -0.39 is 0 Å². The summed E-state index contributed by atoms with van der Waals surface area (Å²) >= 11 is 0. The van der Waals surface area contributed by atoms with Crippen LogP contribution in [0.2, 0.25) is 0 Å². The minimum absolute atomic E-state index is 0.0382. The first kappa shape index (κ1) is 8.52. The van der Waals surface area contributed by atoms with Crippen LogP contribution in [-0.4, -0.2) is 23.3 Å². The predicted molar refractivity (Wildman–Crippen MR) is 49.0 cm³/mol. The molecule has 2 nitrogen and oxygen atoms in total. The Balaban J connectivity index is 2.07. The van der Waals surface area contributed by atoms with Crippen LogP contribution in [0.25, 0.3) is 0 Å². The highest BCUT2D eigenvalue weighted by Crippen LogP contribution is 2.38. The molecule has 1 aliphatic heterocycles. The fourth-order valence-electron chi connectivity index (χ4n) is 2.84. The van der Waals surface area contributed by atoms with Crippen molar-refractivity contribution in [1.82, 2.24) is 5.32 Å². The molecule has 70 valence electrons. The number of hydrogen-bond acceptors (Lipinski definition) is 2. The van der Waals surface area contributed by atoms with E-state index in [9.17, 15) is 5.11 Å². The summed E-state index contributed by atoms with van der Waals surface area (Å²) < 4.78 is 0. The maximum absolute atomic E-state index is 9.85. The van der Waals surface area contributed by atoms with Crippen LogP contribution in [0.5, 0.6) is 0 Å². The van der Waals surface area contributed by atoms with Crippen molar-refractivity contribution in [1.29, 1.82) is 0 Å². The molecule has 1 saturated carbocycles. The van der Waals surface area contributed by atoms with E-state index in [0.717, 1.165) is 18.9 Å². The summed E-state index contributed by atoms with van der Waals surface area (Å²) in [5.74, 6) is 0.718. The van der Waals surface area contributed by atoms with Gasteiger partial charge in [-0.3, -0.25) is 0 Å². The molecular formula is C10H19NO. The summed E-state index contributed by atoms with van der Waals surface area (Å²) in [7, 11) is 0. The van der Waals surface area contributed by atoms with Crippen LogP contribution in [0.15, 0.2) is 0 Å². The van der Waals surface area contributed by atoms with Crippen LogP contribution >= 0.6 is 0 Å². The number of aliphatic hydroxyl groups excluding tert-OH is 1. The van der Waals surface area contributed by atoms with Gasteiger partial charge < -0.3 is 10.4 Å². The van der Waals surface area contributed by atoms with Gasteiger partial charge in [0.25, 0.3) is 0 Å². The van der Waals surface area contributed by atoms with Crippen molar-refractivity contribution in [3.05, 3.63) is 0 Å². The predicted octanol–water partition coefficient (Wildman–Crippen LogP) is 1.29. The highest BCUT2D eigenvalue weighted by Gasteiger charge is 2.44. The van der Waals surface area contributed by atoms with E-state index in [1.807, 2.05) is 0 Å². The SMILES string of the molecule is CC1(C2CCCC2)NCCC1O. The molecule has 2 unspecified atom stereocenters. The molecule has 2 fully saturated rings. The zero-order valence-electron chi connectivity index (χ0n) is 7.84. The van der Waals surface area contributed by atoms with Gasteiger partial charge in [-0.2, -0.15) is 0 Å². The molecule has 0 aromatic carbocycles. The zero-order valence-corrected chi connectivity index (χ0v) is 7.84. The monoisotopic (exact) mass is 169 g/mol. The molecule has 2 aliphatic rings. The van der Waals surface area contributed by atoms with Gasteiger partial charge in [0.05, 0.1) is 6.10 Å². The lowest BCUT2D eigenvalue weighted by molar-refractivity contribution is 0.0694. The van der Waals surface area contributed by atoms with Crippen molar-refractivity contribution in [3.8, 4) is 0 Å². The van der Waals surface area contributed by atoms with Gasteiger partial charge in [0, 0.05) is 5.54 Å². The zero-order chi connectivity index (χ0) is 8.60. The Labute approximate surface area is 74.4 Å². The van der Waals surface area contributed by atoms with Crippen LogP contribution < -0.4 is 5.32 Å². The van der Waals surface area contributed by atoms with Crippen molar-refractivity contribution < 1.29 is 5.11 Å². The average molecular weight is 169 g/mol. The van der Waals surface area contributed by atoms with Gasteiger partial charge in [-0.15, -0.1) is 0 Å². The Morgan fingerprint density at radius 2 is 1.92 bits per heavy atom. The van der Waals surface area contributed by atoms with Gasteiger partial charge in [-0.1, -0.05) is 12.8 Å². The van der Waals surface area contributed by atoms with E-state index in [2.05, 4.69) is 12.2 Å². The Morgan fingerprint density at radius 3 is 2.42 bits per heavy atom. The quantitative estimate of drug-likeness (QED) is 0.620. The normalized spacial score (nSPS) is 44.0. The Kier molecular flexibility index (Phi) is 2.13. The first-order valence-electron chi connectivity index (χ1n) is 5.16. The molecule has 1 aliphatic carbocycles. The smallest absolute Gasteiger partial charge is 0.0733 e. The van der Waals surface area contributed by atoms with E-state index in [1.54, 1.807) is 0 Å². The van der Waals surface area contributed by atoms with Crippen LogP contribution in [0.3, 0.4) is 0 Å². The first-order valence-corrected chi connectivity index (χ1v) is 5.16. The second-order valence-corrected chi connectivity index (χ2v) is 4.50. The van der Waals surface area contributed by atoms with Crippen LogP contribution in [0.1, 0.15) is 39.0 Å². The third-order valence-corrected chi connectivity index (χ3v) is 3.82. The Bertz CT molecular complexity index is 165. The molecule has 0 bridgehead atoms. The van der Waals surface area contributed by atoms with E-state index in [1.165, 1.54) is 25.7 Å². The molecule has 1 saturated heterocycles. The fraction of sp³-hybridized carbons (Fsp3) is 1.00. The highest BCUT2D eigenvalue weighted by molar-refractivity contribution is 5.02. The molecular weight excluding hydrogens is 150 g/mol. The summed E-state index contributed by atoms with van der Waals surface area (Å²) in [6.07, 6.45) is 6.15. The Hall–Kier alpha value is -0.0800. The molecule has 0 spiro atoms. The van der Waals surface area contributed by atoms with Gasteiger partial charge in [0.15, 0.2) is 0 Å². The third-order valence-electron chi connectivity index (χ3n) is 3.82. The van der Waals surface area contributed by atoms with Crippen LogP contribution in [0, 0.1) is 5.92 Å². The summed E-state index contributed by atoms with van der Waals surface area (Å²) in [6, 6.07) is 0. The second kappa shape index (κ2) is 3.00. The molecule has 2 N–H and O–H groups in total. The van der Waals surface area contributed by atoms with Gasteiger partial charge in [-0.05, 0) is 38.6 Å². The minimum Gasteiger partial charge on any atom is -0.391 e. The molecule has 0 amide bonds. The van der Waals surface area contributed by atoms with Gasteiger partial charge in [0.2, 0.25) is 0 Å². The summed E-state index contributed by atoms with van der Waals surface area (Å²) in [4.78, 5) is 0. The first-order chi connectivity index (χ1) is 5.73. The lowest BCUT2D eigenvalue weighted by atomic mass is 9.81. The highest BCUT2D eigenvalue weighted by atomic mass is 16.3. The second-order valence-electron chi connectivity index (χ2n) is 4.50. The molecule has 0 aromatic heterocycles. The number of hydrogen-bond donors (Lipinski definition) is 2. The molecule has 2 atom stereocenters. The maximum Gasteiger partial charge on any atom is 0.0733 e. The van der Waals surface area contributed by atoms with Gasteiger partial charge in [0.1, 0.15) is 0 Å². The maximum atomic E-state index is 9.85. The summed E-state index contributed by atoms with van der Waals surface area (Å²) in [6.45, 7) is 3.19. The lowest BCUT2D eigenvalue weighted by Gasteiger charge is -2.34. The van der Waals surface area contributed by atoms with E-state index >= 15 is 0 Å². The molecule has 2 rings (SSSR count). The van der Waals surface area contributed by atoms with Gasteiger partial charge in [-0.25, -0.2) is 0 Å². The topological polar surface area (TPSA) is 32.3 Å². The summed E-state index contributed by atoms with van der Waals surface area (Å²) in [5.41, 5.74) is 0.0382. The van der Waals surface area contributed by atoms with Gasteiger partial charge >= 0.3 is 0 Å². The Morgan fingerprint density at radius 1 is 1.25 bits per heavy atom. The molecule has 2 heteroatoms. The van der Waals surface area contributed by atoms with Crippen LogP contribution in [-0.2, 0) is 0 Å². The van der Waals surface area contributed by atoms with Crippen LogP contribution in [0.4, 0.5) is 0 Å². The van der Waals surface area contributed by atoms with E-state index in [0.29, 0.717) is 0 Å². The molecule has 0 radical (unpaired) electrons. The third kappa shape index (κ3) is 1.17. The lowest BCUT2D eigenvalue weighted by Crippen LogP contribution is -2.50. The van der Waals surface area contributed by atoms with Crippen molar-refractivity contribution in [2.24, 2.45) is 5.92 Å². The fourth-order valence-corrected chi connectivity index (χ4v) is 2.84. The molecule has 0 aromatic rings. The molecule has 12 heavy (non-hydrogen) atoms. The average Bonchev–Trinajstić information content (AvgIpc) is 2.62. The minimum atomic E-state index is -0.111. The van der Waals surface area contributed by atoms with Crippen molar-refractivity contribution in [2.75, 3.05) is 6.54 Å². The van der Waals surface area contributed by atoms with E-state index in [4.69, 9.17) is 0 Å². The number of nitrogens with one attached hydrogen (secondary N) is 1.